The number of nitrogens with two attached hydrogens (primary N) is 1. The molecule has 0 fully saturated rings. The molecule has 7 heteroatoms. The fraction of sp³-hybridized carbons (Fsp3) is 0.368. The van der Waals surface area contributed by atoms with Crippen LogP contribution >= 0.6 is 11.3 Å². The van der Waals surface area contributed by atoms with Gasteiger partial charge in [-0.05, 0) is 56.5 Å². The first kappa shape index (κ1) is 19.8. The number of amides is 3. The summed E-state index contributed by atoms with van der Waals surface area (Å²) in [6.07, 6.45) is 0.123. The van der Waals surface area contributed by atoms with Gasteiger partial charge in [-0.15, -0.1) is 11.3 Å². The molecular formula is C19H26N4O2S. The van der Waals surface area contributed by atoms with E-state index in [0.29, 0.717) is 6.04 Å². The van der Waals surface area contributed by atoms with Crippen LogP contribution in [-0.2, 0) is 4.79 Å². The summed E-state index contributed by atoms with van der Waals surface area (Å²) in [7, 11) is 0. The zero-order chi connectivity index (χ0) is 19.1. The molecule has 26 heavy (non-hydrogen) atoms. The van der Waals surface area contributed by atoms with Crippen LogP contribution < -0.4 is 21.3 Å². The fourth-order valence-corrected chi connectivity index (χ4v) is 3.64. The fourth-order valence-electron chi connectivity index (χ4n) is 2.86. The number of hydrogen-bond donors (Lipinski definition) is 3. The molecule has 140 valence electrons. The second kappa shape index (κ2) is 9.24. The van der Waals surface area contributed by atoms with Crippen LogP contribution in [0, 0.1) is 0 Å². The van der Waals surface area contributed by atoms with Gasteiger partial charge in [-0.2, -0.15) is 0 Å². The molecule has 0 aliphatic rings. The van der Waals surface area contributed by atoms with Crippen molar-refractivity contribution >= 4 is 34.6 Å². The number of primary amides is 1. The van der Waals surface area contributed by atoms with E-state index in [1.165, 1.54) is 11.3 Å². The molecule has 0 bridgehead atoms. The summed E-state index contributed by atoms with van der Waals surface area (Å²) < 4.78 is 0. The molecular weight excluding hydrogens is 348 g/mol. The molecule has 1 aromatic carbocycles. The van der Waals surface area contributed by atoms with Crippen molar-refractivity contribution in [3.05, 3.63) is 46.7 Å². The van der Waals surface area contributed by atoms with E-state index in [1.54, 1.807) is 0 Å². The van der Waals surface area contributed by atoms with Crippen LogP contribution in [0.2, 0.25) is 0 Å². The molecule has 1 heterocycles. The summed E-state index contributed by atoms with van der Waals surface area (Å²) in [6.45, 7) is 7.34. The summed E-state index contributed by atoms with van der Waals surface area (Å²) in [5.74, 6) is -0.180. The van der Waals surface area contributed by atoms with Gasteiger partial charge in [0, 0.05) is 28.8 Å². The van der Waals surface area contributed by atoms with Gasteiger partial charge in [0.2, 0.25) is 5.91 Å². The zero-order valence-corrected chi connectivity index (χ0v) is 16.2. The maximum atomic E-state index is 12.4. The van der Waals surface area contributed by atoms with Gasteiger partial charge in [-0.3, -0.25) is 4.79 Å². The van der Waals surface area contributed by atoms with Gasteiger partial charge in [-0.1, -0.05) is 6.07 Å². The average molecular weight is 375 g/mol. The summed E-state index contributed by atoms with van der Waals surface area (Å²) >= 11 is 1.48. The van der Waals surface area contributed by atoms with E-state index in [0.717, 1.165) is 22.8 Å². The topological polar surface area (TPSA) is 87.5 Å². The Bertz CT molecular complexity index is 714. The summed E-state index contributed by atoms with van der Waals surface area (Å²) in [4.78, 5) is 26.7. The molecule has 0 aliphatic heterocycles. The Morgan fingerprint density at radius 1 is 1.19 bits per heavy atom. The lowest BCUT2D eigenvalue weighted by Gasteiger charge is -2.27. The van der Waals surface area contributed by atoms with Crippen molar-refractivity contribution in [3.8, 4) is 0 Å². The molecule has 1 unspecified atom stereocenters. The minimum absolute atomic E-state index is 0.123. The van der Waals surface area contributed by atoms with Gasteiger partial charge >= 0.3 is 6.03 Å². The zero-order valence-electron chi connectivity index (χ0n) is 15.4. The molecule has 6 nitrogen and oxygen atoms in total. The molecule has 0 saturated heterocycles. The number of carbonyl (C=O) groups is 2. The highest BCUT2D eigenvalue weighted by atomic mass is 32.1. The number of nitrogens with zero attached hydrogens (tertiary/aromatic N) is 1. The smallest absolute Gasteiger partial charge is 0.312 e. The van der Waals surface area contributed by atoms with Gasteiger partial charge < -0.3 is 21.3 Å². The average Bonchev–Trinajstić information content (AvgIpc) is 3.10. The molecule has 0 aliphatic carbocycles. The first-order chi connectivity index (χ1) is 12.4. The first-order valence-electron chi connectivity index (χ1n) is 8.66. The largest absolute Gasteiger partial charge is 0.369 e. The third-order valence-electron chi connectivity index (χ3n) is 4.04. The Morgan fingerprint density at radius 3 is 2.38 bits per heavy atom. The van der Waals surface area contributed by atoms with Crippen molar-refractivity contribution in [1.82, 2.24) is 5.32 Å². The van der Waals surface area contributed by atoms with E-state index in [4.69, 9.17) is 5.73 Å². The molecule has 2 aromatic rings. The predicted molar refractivity (Wildman–Crippen MR) is 108 cm³/mol. The summed E-state index contributed by atoms with van der Waals surface area (Å²) in [5.41, 5.74) is 7.07. The number of urea groups is 1. The summed E-state index contributed by atoms with van der Waals surface area (Å²) in [5, 5.41) is 7.40. The van der Waals surface area contributed by atoms with Gasteiger partial charge in [0.25, 0.3) is 0 Å². The number of nitrogens with one attached hydrogen (secondary N) is 2. The van der Waals surface area contributed by atoms with Crippen LogP contribution in [0.4, 0.5) is 16.2 Å². The molecule has 3 amide bonds. The highest BCUT2D eigenvalue weighted by molar-refractivity contribution is 7.10. The van der Waals surface area contributed by atoms with Crippen LogP contribution in [0.3, 0.4) is 0 Å². The standard InChI is InChI=1S/C19H26N4O2S/c1-4-23(13(2)3)15-9-7-14(8-10-15)21-18(24)12-16(22-19(20)25)17-6-5-11-26-17/h5-11,13,16H,4,12H2,1-3H3,(H,21,24)(H3,20,22,25). The van der Waals surface area contributed by atoms with Crippen molar-refractivity contribution in [2.24, 2.45) is 5.73 Å². The third-order valence-corrected chi connectivity index (χ3v) is 5.03. The van der Waals surface area contributed by atoms with E-state index in [1.807, 2.05) is 41.8 Å². The number of hydrogen-bond acceptors (Lipinski definition) is 4. The van der Waals surface area contributed by atoms with Crippen LogP contribution in [0.25, 0.3) is 0 Å². The monoisotopic (exact) mass is 374 g/mol. The van der Waals surface area contributed by atoms with Crippen molar-refractivity contribution in [2.45, 2.75) is 39.3 Å². The number of anilines is 2. The van der Waals surface area contributed by atoms with Crippen molar-refractivity contribution < 1.29 is 9.59 Å². The second-order valence-electron chi connectivity index (χ2n) is 6.26. The van der Waals surface area contributed by atoms with E-state index >= 15 is 0 Å². The lowest BCUT2D eigenvalue weighted by Crippen LogP contribution is -2.34. The van der Waals surface area contributed by atoms with E-state index in [9.17, 15) is 9.59 Å². The van der Waals surface area contributed by atoms with Gasteiger partial charge in [-0.25, -0.2) is 4.79 Å². The number of rotatable bonds is 8. The normalized spacial score (nSPS) is 11.8. The highest BCUT2D eigenvalue weighted by Crippen LogP contribution is 2.24. The van der Waals surface area contributed by atoms with E-state index in [2.05, 4.69) is 36.3 Å². The maximum Gasteiger partial charge on any atom is 0.312 e. The van der Waals surface area contributed by atoms with E-state index in [-0.39, 0.29) is 12.3 Å². The summed E-state index contributed by atoms with van der Waals surface area (Å²) in [6, 6.07) is 10.9. The molecule has 0 saturated carbocycles. The Morgan fingerprint density at radius 2 is 1.88 bits per heavy atom. The van der Waals surface area contributed by atoms with Gasteiger partial charge in [0.15, 0.2) is 0 Å². The Labute approximate surface area is 158 Å². The van der Waals surface area contributed by atoms with E-state index < -0.39 is 12.1 Å². The van der Waals surface area contributed by atoms with Gasteiger partial charge in [0.1, 0.15) is 0 Å². The lowest BCUT2D eigenvalue weighted by atomic mass is 10.1. The quantitative estimate of drug-likeness (QED) is 0.658. The molecule has 4 N–H and O–H groups in total. The second-order valence-corrected chi connectivity index (χ2v) is 7.23. The predicted octanol–water partition coefficient (Wildman–Crippen LogP) is 3.72. The number of carbonyl (C=O) groups excluding carboxylic acids is 2. The minimum atomic E-state index is -0.645. The Hall–Kier alpha value is -2.54. The van der Waals surface area contributed by atoms with Crippen LogP contribution in [-0.4, -0.2) is 24.5 Å². The Balaban J connectivity index is 2.01. The molecule has 1 aromatic heterocycles. The molecule has 1 atom stereocenters. The van der Waals surface area contributed by atoms with Crippen molar-refractivity contribution in [1.29, 1.82) is 0 Å². The van der Waals surface area contributed by atoms with Crippen molar-refractivity contribution in [3.63, 3.8) is 0 Å². The van der Waals surface area contributed by atoms with Gasteiger partial charge in [0.05, 0.1) is 12.5 Å². The number of thiophene rings is 1. The third kappa shape index (κ3) is 5.49. The molecule has 0 radical (unpaired) electrons. The van der Waals surface area contributed by atoms with Crippen molar-refractivity contribution in [2.75, 3.05) is 16.8 Å². The first-order valence-corrected chi connectivity index (χ1v) is 9.54. The lowest BCUT2D eigenvalue weighted by molar-refractivity contribution is -0.116. The SMILES string of the molecule is CCN(c1ccc(NC(=O)CC(NC(N)=O)c2cccs2)cc1)C(C)C. The maximum absolute atomic E-state index is 12.4. The van der Waals surface area contributed by atoms with Crippen LogP contribution in [0.15, 0.2) is 41.8 Å². The minimum Gasteiger partial charge on any atom is -0.369 e. The Kier molecular flexibility index (Phi) is 7.03. The van der Waals surface area contributed by atoms with Crippen LogP contribution in [0.5, 0.6) is 0 Å². The number of benzene rings is 1. The highest BCUT2D eigenvalue weighted by Gasteiger charge is 2.18. The molecule has 2 rings (SSSR count). The van der Waals surface area contributed by atoms with Crippen LogP contribution in [0.1, 0.15) is 38.1 Å². The molecule has 0 spiro atoms.